The molecule has 0 fully saturated rings. The summed E-state index contributed by atoms with van der Waals surface area (Å²) in [4.78, 5) is 12.7. The van der Waals surface area contributed by atoms with Gasteiger partial charge in [0, 0.05) is 22.7 Å². The van der Waals surface area contributed by atoms with E-state index >= 15 is 0 Å². The third kappa shape index (κ3) is 6.90. The number of carbonyl (C=O) groups excluding carboxylic acids is 1. The number of hydrogen-bond donors (Lipinski definition) is 2. The van der Waals surface area contributed by atoms with Crippen molar-refractivity contribution in [3.63, 3.8) is 0 Å². The molecule has 0 aromatic heterocycles. The minimum Gasteiger partial charge on any atom is -0.870 e. The number of hydrogen-bond acceptors (Lipinski definition) is 7. The van der Waals surface area contributed by atoms with Crippen molar-refractivity contribution in [1.82, 2.24) is 0 Å². The maximum atomic E-state index is 13.4. The van der Waals surface area contributed by atoms with Crippen LogP contribution in [0.2, 0.25) is 10.0 Å². The molecule has 0 bridgehead atoms. The first kappa shape index (κ1) is 30.8. The fourth-order valence-corrected chi connectivity index (χ4v) is 4.88. The van der Waals surface area contributed by atoms with E-state index in [1.165, 1.54) is 19.1 Å². The maximum absolute atomic E-state index is 13.4. The van der Waals surface area contributed by atoms with Crippen LogP contribution in [0.15, 0.2) is 75.8 Å². The summed E-state index contributed by atoms with van der Waals surface area (Å²) in [5, 5.41) is 25.5. The molecule has 4 rings (SSSR count). The molecule has 1 amide bonds. The van der Waals surface area contributed by atoms with Crippen LogP contribution in [0.3, 0.4) is 0 Å². The number of azo groups is 1. The number of benzene rings is 4. The normalized spacial score (nSPS) is 11.4. The van der Waals surface area contributed by atoms with Crippen LogP contribution in [0, 0.1) is 6.92 Å². The summed E-state index contributed by atoms with van der Waals surface area (Å²) in [5.41, 5.74) is 0.138. The predicted octanol–water partition coefficient (Wildman–Crippen LogP) is 3.85. The minimum absolute atomic E-state index is 0. The zero-order valence-electron chi connectivity index (χ0n) is 21.0. The first-order valence-electron chi connectivity index (χ1n) is 11.2. The molecule has 13 heteroatoms. The van der Waals surface area contributed by atoms with E-state index in [1.54, 1.807) is 49.4 Å². The van der Waals surface area contributed by atoms with Crippen molar-refractivity contribution in [2.45, 2.75) is 18.7 Å². The van der Waals surface area contributed by atoms with Crippen molar-refractivity contribution < 1.29 is 57.2 Å². The number of aryl methyl sites for hydroxylation is 1. The number of carbonyl (C=O) groups is 1. The number of nitrogens with one attached hydrogen (secondary N) is 1. The van der Waals surface area contributed by atoms with E-state index in [0.29, 0.717) is 33.8 Å². The minimum atomic E-state index is -4.55. The second kappa shape index (κ2) is 12.6. The van der Waals surface area contributed by atoms with Gasteiger partial charge in [0.1, 0.15) is 11.4 Å². The Labute approximate surface area is 256 Å². The Morgan fingerprint density at radius 2 is 1.77 bits per heavy atom. The van der Waals surface area contributed by atoms with Crippen LogP contribution in [-0.2, 0) is 10.1 Å². The molecule has 2 N–H and O–H groups in total. The molecule has 9 nitrogen and oxygen atoms in total. The van der Waals surface area contributed by atoms with Gasteiger partial charge in [-0.1, -0.05) is 53.2 Å². The van der Waals surface area contributed by atoms with Crippen molar-refractivity contribution in [3.05, 3.63) is 81.8 Å². The molecular weight excluding hydrogens is 576 g/mol. The molecule has 4 aromatic carbocycles. The van der Waals surface area contributed by atoms with Crippen LogP contribution in [0.25, 0.3) is 10.8 Å². The third-order valence-corrected chi connectivity index (χ3v) is 7.10. The Bertz CT molecular complexity index is 1710. The first-order chi connectivity index (χ1) is 18.0. The Hall–Kier alpha value is -2.70. The number of amides is 1. The van der Waals surface area contributed by atoms with Gasteiger partial charge in [-0.25, -0.2) is 0 Å². The first-order valence-corrected chi connectivity index (χ1v) is 13.3. The molecule has 0 radical (unpaired) electrons. The summed E-state index contributed by atoms with van der Waals surface area (Å²) < 4.78 is 38.3. The van der Waals surface area contributed by atoms with Gasteiger partial charge in [-0.15, -0.1) is 5.11 Å². The van der Waals surface area contributed by atoms with Gasteiger partial charge >= 0.3 is 29.6 Å². The van der Waals surface area contributed by atoms with Crippen LogP contribution in [-0.4, -0.2) is 25.5 Å². The van der Waals surface area contributed by atoms with E-state index in [1.807, 2.05) is 0 Å². The monoisotopic (exact) mass is 595 g/mol. The van der Waals surface area contributed by atoms with Gasteiger partial charge in [0.25, 0.3) is 16.0 Å². The summed E-state index contributed by atoms with van der Waals surface area (Å²) >= 11 is 12.3. The van der Waals surface area contributed by atoms with Gasteiger partial charge in [0.15, 0.2) is 0 Å². The largest absolute Gasteiger partial charge is 1.00 e. The molecular formula is C26H20Cl2N3NaO6S. The number of rotatable bonds is 7. The average Bonchev–Trinajstić information content (AvgIpc) is 2.85. The van der Waals surface area contributed by atoms with E-state index in [0.717, 1.165) is 6.07 Å². The van der Waals surface area contributed by atoms with Crippen molar-refractivity contribution in [2.75, 3.05) is 11.9 Å². The smallest absolute Gasteiger partial charge is 0.870 e. The van der Waals surface area contributed by atoms with E-state index in [9.17, 15) is 22.9 Å². The SMILES string of the molecule is CCOc1cc(NC(=O)c2cc3ccccc3c(N=Nc3cc(S(=O)(=O)O)c(C)cc3Cl)c2[O-])ccc1Cl.[Na+]. The molecule has 0 heterocycles. The van der Waals surface area contributed by atoms with E-state index < -0.39 is 26.7 Å². The van der Waals surface area contributed by atoms with Gasteiger partial charge < -0.3 is 15.2 Å². The fourth-order valence-electron chi connectivity index (χ4n) is 3.72. The molecule has 0 saturated heterocycles. The summed E-state index contributed by atoms with van der Waals surface area (Å²) in [5.74, 6) is -1.02. The molecule has 0 aliphatic heterocycles. The topological polar surface area (TPSA) is 140 Å². The Kier molecular flexibility index (Phi) is 10.0. The van der Waals surface area contributed by atoms with E-state index in [-0.39, 0.29) is 57.1 Å². The van der Waals surface area contributed by atoms with Crippen LogP contribution >= 0.6 is 23.2 Å². The maximum Gasteiger partial charge on any atom is 1.00 e. The number of nitrogens with zero attached hydrogens (tertiary/aromatic N) is 2. The van der Waals surface area contributed by atoms with E-state index in [2.05, 4.69) is 15.5 Å². The summed E-state index contributed by atoms with van der Waals surface area (Å²) in [6.45, 7) is 3.63. The average molecular weight is 596 g/mol. The quantitative estimate of drug-likeness (QED) is 0.189. The zero-order valence-corrected chi connectivity index (χ0v) is 25.4. The van der Waals surface area contributed by atoms with Crippen LogP contribution in [0.4, 0.5) is 17.1 Å². The van der Waals surface area contributed by atoms with Gasteiger partial charge in [-0.3, -0.25) is 9.35 Å². The zero-order chi connectivity index (χ0) is 27.6. The summed E-state index contributed by atoms with van der Waals surface area (Å²) in [6, 6.07) is 15.3. The number of fused-ring (bicyclic) bond motifs is 1. The van der Waals surface area contributed by atoms with Gasteiger partial charge in [-0.2, -0.15) is 13.5 Å². The van der Waals surface area contributed by atoms with Crippen LogP contribution in [0.5, 0.6) is 11.5 Å². The third-order valence-electron chi connectivity index (χ3n) is 5.49. The molecule has 196 valence electrons. The number of anilines is 1. The van der Waals surface area contributed by atoms with Crippen molar-refractivity contribution in [1.29, 1.82) is 0 Å². The molecule has 0 spiro atoms. The second-order valence-electron chi connectivity index (χ2n) is 8.10. The Morgan fingerprint density at radius 3 is 2.46 bits per heavy atom. The number of halogens is 2. The summed E-state index contributed by atoms with van der Waals surface area (Å²) in [6.07, 6.45) is 0. The van der Waals surface area contributed by atoms with Gasteiger partial charge in [0.05, 0.1) is 27.2 Å². The van der Waals surface area contributed by atoms with Crippen LogP contribution < -0.4 is 44.7 Å². The predicted molar refractivity (Wildman–Crippen MR) is 144 cm³/mol. The fraction of sp³-hybridized carbons (Fsp3) is 0.115. The van der Waals surface area contributed by atoms with Gasteiger partial charge in [-0.05, 0) is 55.1 Å². The standard InChI is InChI=1S/C26H21Cl2N3O6S.Na/c1-3-37-22-12-16(8-9-19(22)27)29-26(33)18-11-15-6-4-5-7-17(15)24(25(18)32)31-30-21-13-23(38(34,35)36)14(2)10-20(21)28;/h4-13,32H,3H2,1-2H3,(H,29,33)(H,34,35,36);/q;+1/p-1. The van der Waals surface area contributed by atoms with Gasteiger partial charge in [0.2, 0.25) is 0 Å². The molecule has 0 aliphatic rings. The molecule has 39 heavy (non-hydrogen) atoms. The summed E-state index contributed by atoms with van der Waals surface area (Å²) in [7, 11) is -4.55. The Morgan fingerprint density at radius 1 is 1.05 bits per heavy atom. The van der Waals surface area contributed by atoms with Crippen molar-refractivity contribution in [3.8, 4) is 11.5 Å². The second-order valence-corrected chi connectivity index (χ2v) is 10.3. The van der Waals surface area contributed by atoms with Crippen molar-refractivity contribution in [2.24, 2.45) is 10.2 Å². The number of ether oxygens (including phenoxy) is 1. The molecule has 4 aromatic rings. The molecule has 0 saturated carbocycles. The molecule has 0 unspecified atom stereocenters. The molecule has 0 atom stereocenters. The van der Waals surface area contributed by atoms with E-state index in [4.69, 9.17) is 27.9 Å². The molecule has 0 aliphatic carbocycles. The van der Waals surface area contributed by atoms with Crippen LogP contribution in [0.1, 0.15) is 22.8 Å². The van der Waals surface area contributed by atoms with Crippen molar-refractivity contribution >= 4 is 67.1 Å². The Balaban J connectivity index is 0.00000420.